The third-order valence-corrected chi connectivity index (χ3v) is 6.34. The molecular formula is C28H40N2O17. The summed E-state index contributed by atoms with van der Waals surface area (Å²) in [6.45, 7) is 2.54. The second-order valence-electron chi connectivity index (χ2n) is 10.3. The van der Waals surface area contributed by atoms with Gasteiger partial charge in [-0.3, -0.25) is 38.4 Å². The Morgan fingerprint density at radius 2 is 0.936 bits per heavy atom. The quantitative estimate of drug-likeness (QED) is 0.172. The van der Waals surface area contributed by atoms with Crippen molar-refractivity contribution in [2.75, 3.05) is 13.2 Å². The molecule has 2 N–H and O–H groups in total. The SMILES string of the molecule is [3H]C([3H])([3H])C(=O)N[C@H]1[C@@H](OC(C)=O)O[C@H](COC(C)=O)[C@@H](OC(C)=O)[C@@H]1O[C@@H]1O[C@H](COC(C)=O)[C@@H](OC(C)=O)[C@H](OC(C)=O)[C@H]1NC(C)=O. The van der Waals surface area contributed by atoms with Crippen LogP contribution in [0.15, 0.2) is 0 Å². The first kappa shape index (κ1) is 34.0. The number of carbonyl (C=O) groups excluding carboxylic acids is 8. The molecular weight excluding hydrogens is 636 g/mol. The number of amides is 2. The molecule has 0 bridgehead atoms. The molecule has 0 saturated carbocycles. The molecule has 10 atom stereocenters. The lowest BCUT2D eigenvalue weighted by atomic mass is 9.93. The number of esters is 6. The van der Waals surface area contributed by atoms with Crippen molar-refractivity contribution in [1.82, 2.24) is 10.6 Å². The van der Waals surface area contributed by atoms with Crippen LogP contribution in [-0.4, -0.2) is 122 Å². The average molecular weight is 683 g/mol. The van der Waals surface area contributed by atoms with Crippen molar-refractivity contribution in [3.05, 3.63) is 0 Å². The summed E-state index contributed by atoms with van der Waals surface area (Å²) in [5, 5.41) is 4.59. The maximum absolute atomic E-state index is 12.8. The molecule has 2 heterocycles. The lowest BCUT2D eigenvalue weighted by Crippen LogP contribution is -2.71. The summed E-state index contributed by atoms with van der Waals surface area (Å²) in [5.41, 5.74) is 0. The van der Waals surface area contributed by atoms with Crippen LogP contribution in [0.3, 0.4) is 0 Å². The predicted molar refractivity (Wildman–Crippen MR) is 149 cm³/mol. The molecule has 0 aromatic carbocycles. The summed E-state index contributed by atoms with van der Waals surface area (Å²) < 4.78 is 72.3. The number of hydrogen-bond donors (Lipinski definition) is 2. The molecule has 2 rings (SSSR count). The van der Waals surface area contributed by atoms with E-state index < -0.39 is 129 Å². The summed E-state index contributed by atoms with van der Waals surface area (Å²) in [6, 6.07) is -3.43. The van der Waals surface area contributed by atoms with Crippen molar-refractivity contribution in [2.45, 2.75) is 117 Å². The van der Waals surface area contributed by atoms with Crippen LogP contribution in [0.5, 0.6) is 0 Å². The van der Waals surface area contributed by atoms with Crippen LogP contribution in [-0.2, 0) is 81.0 Å². The maximum Gasteiger partial charge on any atom is 0.305 e. The van der Waals surface area contributed by atoms with E-state index in [9.17, 15) is 38.4 Å². The average Bonchev–Trinajstić information content (AvgIpc) is 2.95. The summed E-state index contributed by atoms with van der Waals surface area (Å²) in [7, 11) is 0. The van der Waals surface area contributed by atoms with Crippen LogP contribution < -0.4 is 10.6 Å². The summed E-state index contributed by atoms with van der Waals surface area (Å²) in [5.74, 6) is -7.77. The molecule has 0 unspecified atom stereocenters. The molecule has 2 aliphatic heterocycles. The zero-order chi connectivity index (χ0) is 38.1. The fourth-order valence-electron chi connectivity index (χ4n) is 4.86. The predicted octanol–water partition coefficient (Wildman–Crippen LogP) is -1.68. The molecule has 0 radical (unpaired) electrons. The minimum atomic E-state index is -3.29. The van der Waals surface area contributed by atoms with Gasteiger partial charge in [-0.25, -0.2) is 0 Å². The Kier molecular flexibility index (Phi) is 12.7. The second kappa shape index (κ2) is 17.5. The topological polar surface area (TPSA) is 244 Å². The van der Waals surface area contributed by atoms with Crippen molar-refractivity contribution < 1.29 is 85.1 Å². The van der Waals surface area contributed by atoms with Gasteiger partial charge in [-0.15, -0.1) is 0 Å². The van der Waals surface area contributed by atoms with Gasteiger partial charge in [-0.05, 0) is 0 Å². The number of carbonyl (C=O) groups is 8. The third kappa shape index (κ3) is 12.1. The number of nitrogens with one attached hydrogen (secondary N) is 2. The Bertz CT molecular complexity index is 1310. The van der Waals surface area contributed by atoms with Crippen molar-refractivity contribution in [1.29, 1.82) is 0 Å². The molecule has 0 aromatic rings. The Hall–Kier alpha value is -4.36. The van der Waals surface area contributed by atoms with Gasteiger partial charge >= 0.3 is 35.8 Å². The monoisotopic (exact) mass is 682 g/mol. The molecule has 19 nitrogen and oxygen atoms in total. The van der Waals surface area contributed by atoms with Crippen LogP contribution >= 0.6 is 0 Å². The lowest BCUT2D eigenvalue weighted by molar-refractivity contribution is -0.327. The molecule has 0 aromatic heterocycles. The molecule has 2 amide bonds. The van der Waals surface area contributed by atoms with Crippen molar-refractivity contribution in [3.8, 4) is 0 Å². The Labute approximate surface area is 273 Å². The fraction of sp³-hybridized carbons (Fsp3) is 0.714. The first-order valence-corrected chi connectivity index (χ1v) is 14.1. The highest BCUT2D eigenvalue weighted by Crippen LogP contribution is 2.33. The molecule has 264 valence electrons. The van der Waals surface area contributed by atoms with Gasteiger partial charge in [0.25, 0.3) is 0 Å². The molecule has 47 heavy (non-hydrogen) atoms. The first-order valence-electron chi connectivity index (χ1n) is 15.6. The summed E-state index contributed by atoms with van der Waals surface area (Å²) in [6.07, 6.45) is -13.5. The van der Waals surface area contributed by atoms with E-state index in [2.05, 4.69) is 10.6 Å². The van der Waals surface area contributed by atoms with Gasteiger partial charge in [0.05, 0.1) is 0 Å². The number of ether oxygens (including phenoxy) is 9. The normalized spacial score (nSPS) is 31.3. The number of hydrogen-bond acceptors (Lipinski definition) is 17. The zero-order valence-corrected chi connectivity index (χ0v) is 26.6. The van der Waals surface area contributed by atoms with Crippen LogP contribution in [0, 0.1) is 0 Å². The Balaban J connectivity index is 2.83. The van der Waals surface area contributed by atoms with Crippen molar-refractivity contribution in [2.24, 2.45) is 0 Å². The van der Waals surface area contributed by atoms with E-state index in [0.29, 0.717) is 0 Å². The second-order valence-corrected chi connectivity index (χ2v) is 10.3. The van der Waals surface area contributed by atoms with Crippen molar-refractivity contribution in [3.63, 3.8) is 0 Å². The molecule has 19 heteroatoms. The van der Waals surface area contributed by atoms with E-state index >= 15 is 0 Å². The molecule has 0 spiro atoms. The van der Waals surface area contributed by atoms with E-state index in [1.165, 1.54) is 0 Å². The van der Waals surface area contributed by atoms with Gasteiger partial charge < -0.3 is 53.3 Å². The van der Waals surface area contributed by atoms with Crippen LogP contribution in [0.2, 0.25) is 0 Å². The smallest absolute Gasteiger partial charge is 0.305 e. The summed E-state index contributed by atoms with van der Waals surface area (Å²) >= 11 is 0. The highest BCUT2D eigenvalue weighted by Gasteiger charge is 2.56. The van der Waals surface area contributed by atoms with E-state index in [0.717, 1.165) is 48.5 Å². The molecule has 2 aliphatic rings. The molecule has 2 fully saturated rings. The molecule has 0 aliphatic carbocycles. The van der Waals surface area contributed by atoms with Crippen LogP contribution in [0.1, 0.15) is 59.4 Å². The van der Waals surface area contributed by atoms with E-state index in [4.69, 9.17) is 46.7 Å². The van der Waals surface area contributed by atoms with Gasteiger partial charge in [0.2, 0.25) is 18.1 Å². The summed E-state index contributed by atoms with van der Waals surface area (Å²) in [4.78, 5) is 97.7. The van der Waals surface area contributed by atoms with Crippen molar-refractivity contribution >= 4 is 47.6 Å². The van der Waals surface area contributed by atoms with Gasteiger partial charge in [-0.1, -0.05) is 0 Å². The van der Waals surface area contributed by atoms with Crippen LogP contribution in [0.4, 0.5) is 0 Å². The van der Waals surface area contributed by atoms with Crippen LogP contribution in [0.25, 0.3) is 0 Å². The van der Waals surface area contributed by atoms with E-state index in [1.807, 2.05) is 0 Å². The zero-order valence-electron chi connectivity index (χ0n) is 29.6. The fourth-order valence-corrected chi connectivity index (χ4v) is 4.86. The Morgan fingerprint density at radius 1 is 0.532 bits per heavy atom. The van der Waals surface area contributed by atoms with E-state index in [1.54, 1.807) is 0 Å². The highest BCUT2D eigenvalue weighted by molar-refractivity contribution is 5.74. The van der Waals surface area contributed by atoms with Gasteiger partial charge in [0.15, 0.2) is 24.6 Å². The highest BCUT2D eigenvalue weighted by atomic mass is 16.7. The Morgan fingerprint density at radius 3 is 1.36 bits per heavy atom. The van der Waals surface area contributed by atoms with Gasteiger partial charge in [-0.2, -0.15) is 0 Å². The largest absolute Gasteiger partial charge is 0.463 e. The minimum Gasteiger partial charge on any atom is -0.463 e. The van der Waals surface area contributed by atoms with E-state index in [-0.39, 0.29) is 0 Å². The molecule has 2 saturated heterocycles. The van der Waals surface area contributed by atoms with Gasteiger partial charge in [0, 0.05) is 59.4 Å². The lowest BCUT2D eigenvalue weighted by Gasteiger charge is -2.49. The third-order valence-electron chi connectivity index (χ3n) is 6.34. The maximum atomic E-state index is 12.8. The minimum absolute atomic E-state index is 0.636. The first-order chi connectivity index (χ1) is 23.1. The van der Waals surface area contributed by atoms with Gasteiger partial charge in [0.1, 0.15) is 43.6 Å². The standard InChI is InChI=1S/C28H40N2O17/c1-11(31)29-21-25(43-17(7)37)23(41-15(5)35)19(9-39-13(3)33)46-28(21)47-26-22(30-12(2)32)27(44-18(8)38)45-20(10-40-14(4)34)24(26)42-16(6)36/h19-28H,9-10H2,1-8H3,(H,29,31)(H,30,32)/t19-,20-,21-,22-,23-,24-,25-,26-,27+,28+/m1/s1/i2T3. The number of rotatable bonds is 12.